The second-order valence-electron chi connectivity index (χ2n) is 9.97. The molecule has 0 aliphatic carbocycles. The lowest BCUT2D eigenvalue weighted by Crippen LogP contribution is -2.23. The van der Waals surface area contributed by atoms with Crippen LogP contribution >= 0.6 is 0 Å². The average molecular weight is 509 g/mol. The Hall–Kier alpha value is -4.23. The Bertz CT molecular complexity index is 1730. The van der Waals surface area contributed by atoms with Gasteiger partial charge in [0.2, 0.25) is 0 Å². The Morgan fingerprint density at radius 1 is 1.18 bits per heavy atom. The lowest BCUT2D eigenvalue weighted by atomic mass is 9.98. The molecule has 7 heteroatoms. The third-order valence-corrected chi connectivity index (χ3v) is 6.77. The molecule has 3 aromatic heterocycles. The second kappa shape index (κ2) is 10.6. The molecule has 0 fully saturated rings. The molecule has 6 nitrogen and oxygen atoms in total. The summed E-state index contributed by atoms with van der Waals surface area (Å²) in [5, 5.41) is 14.9. The molecule has 0 amide bonds. The zero-order chi connectivity index (χ0) is 26.8. The number of nitrogens with zero attached hydrogens (tertiary/aromatic N) is 4. The molecular weight excluding hydrogens is 475 g/mol. The molecule has 0 radical (unpaired) electrons. The van der Waals surface area contributed by atoms with Gasteiger partial charge in [-0.3, -0.25) is 9.78 Å². The van der Waals surface area contributed by atoms with E-state index in [2.05, 4.69) is 58.0 Å². The number of halogens is 1. The number of aromatic amines is 2. The monoisotopic (exact) mass is 508 g/mol. The van der Waals surface area contributed by atoms with Crippen molar-refractivity contribution in [2.75, 3.05) is 20.6 Å². The Balaban J connectivity index is 1.57. The van der Waals surface area contributed by atoms with Gasteiger partial charge in [-0.05, 0) is 93.0 Å². The molecule has 3 heterocycles. The molecule has 0 atom stereocenters. The summed E-state index contributed by atoms with van der Waals surface area (Å²) in [5.41, 5.74) is 7.33. The summed E-state index contributed by atoms with van der Waals surface area (Å²) in [7, 11) is 6.00. The minimum absolute atomic E-state index is 0.212. The van der Waals surface area contributed by atoms with Crippen LogP contribution in [0.1, 0.15) is 24.5 Å². The van der Waals surface area contributed by atoms with E-state index in [9.17, 15) is 4.39 Å². The number of hydrogen-bond donors (Lipinski definition) is 2. The number of benzene rings is 2. The van der Waals surface area contributed by atoms with Crippen LogP contribution in [0.25, 0.3) is 51.1 Å². The predicted octanol–water partition coefficient (Wildman–Crippen LogP) is 4.89. The van der Waals surface area contributed by atoms with Crippen LogP contribution in [0.3, 0.4) is 0 Å². The first-order valence-corrected chi connectivity index (χ1v) is 12.8. The van der Waals surface area contributed by atoms with Gasteiger partial charge in [-0.1, -0.05) is 30.9 Å². The number of rotatable bonds is 8. The van der Waals surface area contributed by atoms with E-state index >= 15 is 0 Å². The van der Waals surface area contributed by atoms with E-state index in [1.807, 2.05) is 50.5 Å². The lowest BCUT2D eigenvalue weighted by molar-refractivity contribution is 0.400. The van der Waals surface area contributed by atoms with Crippen molar-refractivity contribution in [2.24, 2.45) is 7.05 Å². The van der Waals surface area contributed by atoms with Gasteiger partial charge in [-0.25, -0.2) is 4.39 Å². The predicted molar refractivity (Wildman–Crippen MR) is 154 cm³/mol. The number of H-pyrrole nitrogens is 2. The van der Waals surface area contributed by atoms with Gasteiger partial charge in [0.1, 0.15) is 11.5 Å². The molecule has 0 unspecified atom stereocenters. The Labute approximate surface area is 221 Å². The number of aryl methyl sites for hydroxylation is 2. The average Bonchev–Trinajstić information content (AvgIpc) is 3.61. The molecule has 5 aromatic rings. The van der Waals surface area contributed by atoms with Gasteiger partial charge in [0.15, 0.2) is 0 Å². The van der Waals surface area contributed by atoms with Crippen molar-refractivity contribution < 1.29 is 4.39 Å². The minimum Gasteiger partial charge on any atom is -0.353 e. The van der Waals surface area contributed by atoms with E-state index in [1.54, 1.807) is 23.0 Å². The van der Waals surface area contributed by atoms with Crippen molar-refractivity contribution in [3.8, 4) is 22.5 Å². The van der Waals surface area contributed by atoms with Crippen molar-refractivity contribution in [2.45, 2.75) is 19.8 Å². The molecule has 0 saturated heterocycles. The fraction of sp³-hybridized carbons (Fsp3) is 0.226. The van der Waals surface area contributed by atoms with Gasteiger partial charge in [0.05, 0.1) is 17.2 Å². The van der Waals surface area contributed by atoms with Crippen molar-refractivity contribution >= 4 is 28.6 Å². The third-order valence-electron chi connectivity index (χ3n) is 6.77. The Morgan fingerprint density at radius 2 is 2.03 bits per heavy atom. The Morgan fingerprint density at radius 3 is 2.76 bits per heavy atom. The molecule has 2 N–H and O–H groups in total. The molecule has 5 rings (SSSR count). The first-order valence-electron chi connectivity index (χ1n) is 12.8. The van der Waals surface area contributed by atoms with E-state index in [0.717, 1.165) is 80.1 Å². The maximum atomic E-state index is 14.7. The van der Waals surface area contributed by atoms with Crippen LogP contribution in [-0.2, 0) is 13.5 Å². The molecule has 0 bridgehead atoms. The van der Waals surface area contributed by atoms with Gasteiger partial charge in [0.25, 0.3) is 0 Å². The van der Waals surface area contributed by atoms with E-state index < -0.39 is 0 Å². The molecular formula is C31H33FN6. The smallest absolute Gasteiger partial charge is 0.124 e. The third kappa shape index (κ3) is 5.24. The number of fused-ring (bicyclic) bond motifs is 1. The summed E-state index contributed by atoms with van der Waals surface area (Å²) in [4.78, 5) is 5.68. The molecule has 38 heavy (non-hydrogen) atoms. The summed E-state index contributed by atoms with van der Waals surface area (Å²) in [6, 6.07) is 13.6. The lowest BCUT2D eigenvalue weighted by Gasteiger charge is -2.11. The van der Waals surface area contributed by atoms with Crippen molar-refractivity contribution in [1.29, 1.82) is 0 Å². The van der Waals surface area contributed by atoms with E-state index in [4.69, 9.17) is 0 Å². The number of allylic oxidation sites excluding steroid dienone is 1. The highest BCUT2D eigenvalue weighted by Gasteiger charge is 2.14. The van der Waals surface area contributed by atoms with E-state index in [1.165, 1.54) is 0 Å². The SMILES string of the molecule is C=C(/C=c1/c(-c2cc3c(-c4cc(F)cc(CCCN(C)C)c4)cccc3[nH]2)n[nH]/c1=C/C)c1cnn(C)c1. The summed E-state index contributed by atoms with van der Waals surface area (Å²) in [6.07, 6.45) is 9.59. The zero-order valence-corrected chi connectivity index (χ0v) is 22.3. The number of hydrogen-bond acceptors (Lipinski definition) is 3. The molecule has 0 spiro atoms. The van der Waals surface area contributed by atoms with Crippen LogP contribution in [0.4, 0.5) is 4.39 Å². The van der Waals surface area contributed by atoms with Crippen LogP contribution in [-0.4, -0.2) is 50.5 Å². The number of nitrogens with one attached hydrogen (secondary N) is 2. The summed E-state index contributed by atoms with van der Waals surface area (Å²) < 4.78 is 16.4. The van der Waals surface area contributed by atoms with Crippen LogP contribution in [0.5, 0.6) is 0 Å². The Kier molecular flexibility index (Phi) is 7.11. The topological polar surface area (TPSA) is 65.5 Å². The van der Waals surface area contributed by atoms with Gasteiger partial charge in [-0.15, -0.1) is 0 Å². The molecule has 0 aliphatic rings. The largest absolute Gasteiger partial charge is 0.353 e. The molecule has 2 aromatic carbocycles. The van der Waals surface area contributed by atoms with Gasteiger partial charge in [-0.2, -0.15) is 10.2 Å². The minimum atomic E-state index is -0.212. The molecule has 194 valence electrons. The zero-order valence-electron chi connectivity index (χ0n) is 22.3. The van der Waals surface area contributed by atoms with Crippen LogP contribution < -0.4 is 10.6 Å². The van der Waals surface area contributed by atoms with Crippen LogP contribution in [0, 0.1) is 5.82 Å². The maximum Gasteiger partial charge on any atom is 0.124 e. The standard InChI is InChI=1S/C31H33FN6/c1-6-28-27(13-20(2)23-18-33-38(5)19-23)31(36-35-28)30-17-26-25(10-7-11-29(26)34-30)22-14-21(15-24(32)16-22)9-8-12-37(3)4/h6-7,10-11,13-19,34-35H,2,8-9,12H2,1,3-5H3/b27-13+,28-6+. The van der Waals surface area contributed by atoms with E-state index in [0.29, 0.717) is 0 Å². The highest BCUT2D eigenvalue weighted by molar-refractivity contribution is 5.98. The van der Waals surface area contributed by atoms with Crippen molar-refractivity contribution in [3.05, 3.63) is 88.9 Å². The van der Waals surface area contributed by atoms with Gasteiger partial charge < -0.3 is 9.88 Å². The number of aromatic nitrogens is 5. The first-order chi connectivity index (χ1) is 18.3. The maximum absolute atomic E-state index is 14.7. The molecule has 0 aliphatic heterocycles. The van der Waals surface area contributed by atoms with Gasteiger partial charge >= 0.3 is 0 Å². The highest BCUT2D eigenvalue weighted by Crippen LogP contribution is 2.32. The fourth-order valence-electron chi connectivity index (χ4n) is 4.86. The summed E-state index contributed by atoms with van der Waals surface area (Å²) >= 11 is 0. The van der Waals surface area contributed by atoms with Crippen LogP contribution in [0.2, 0.25) is 0 Å². The first kappa shape index (κ1) is 25.4. The molecule has 0 saturated carbocycles. The van der Waals surface area contributed by atoms with E-state index in [-0.39, 0.29) is 5.82 Å². The van der Waals surface area contributed by atoms with Crippen LogP contribution in [0.15, 0.2) is 61.4 Å². The second-order valence-corrected chi connectivity index (χ2v) is 9.97. The van der Waals surface area contributed by atoms with Gasteiger partial charge in [0, 0.05) is 34.9 Å². The summed E-state index contributed by atoms with van der Waals surface area (Å²) in [5.74, 6) is -0.212. The fourth-order valence-corrected chi connectivity index (χ4v) is 4.86. The highest BCUT2D eigenvalue weighted by atomic mass is 19.1. The quantitative estimate of drug-likeness (QED) is 0.314. The van der Waals surface area contributed by atoms with Crippen molar-refractivity contribution in [3.63, 3.8) is 0 Å². The normalized spacial score (nSPS) is 12.8. The van der Waals surface area contributed by atoms with Crippen molar-refractivity contribution in [1.82, 2.24) is 29.9 Å². The summed E-state index contributed by atoms with van der Waals surface area (Å²) in [6.45, 7) is 7.20.